The summed E-state index contributed by atoms with van der Waals surface area (Å²) in [5.41, 5.74) is 3.84. The minimum absolute atomic E-state index is 0.0849. The zero-order valence-corrected chi connectivity index (χ0v) is 20.3. The molecule has 0 unspecified atom stereocenters. The molecular formula is C27H30FN3O4. The van der Waals surface area contributed by atoms with E-state index in [1.165, 1.54) is 12.3 Å². The molecule has 0 spiro atoms. The van der Waals surface area contributed by atoms with E-state index in [4.69, 9.17) is 9.84 Å². The summed E-state index contributed by atoms with van der Waals surface area (Å²) in [5, 5.41) is 19.0. The van der Waals surface area contributed by atoms with Crippen LogP contribution in [0.5, 0.6) is 0 Å². The fourth-order valence-corrected chi connectivity index (χ4v) is 4.30. The monoisotopic (exact) mass is 479 g/mol. The maximum atomic E-state index is 13.4. The van der Waals surface area contributed by atoms with Crippen molar-refractivity contribution in [1.29, 1.82) is 5.26 Å². The fourth-order valence-electron chi connectivity index (χ4n) is 4.30. The van der Waals surface area contributed by atoms with Crippen LogP contribution in [0.15, 0.2) is 30.5 Å². The lowest BCUT2D eigenvalue weighted by atomic mass is 9.94. The summed E-state index contributed by atoms with van der Waals surface area (Å²) in [4.78, 5) is 28.7. The highest BCUT2D eigenvalue weighted by Gasteiger charge is 2.24. The number of fused-ring (bicyclic) bond motifs is 1. The summed E-state index contributed by atoms with van der Waals surface area (Å²) >= 11 is 0. The third kappa shape index (κ3) is 6.52. The van der Waals surface area contributed by atoms with Gasteiger partial charge in [-0.15, -0.1) is 0 Å². The predicted octanol–water partition coefficient (Wildman–Crippen LogP) is 5.12. The van der Waals surface area contributed by atoms with Crippen molar-refractivity contribution in [3.8, 4) is 6.07 Å². The third-order valence-corrected chi connectivity index (χ3v) is 6.06. The van der Waals surface area contributed by atoms with Gasteiger partial charge in [-0.25, -0.2) is 9.37 Å². The molecule has 1 atom stereocenters. The molecule has 0 bridgehead atoms. The topological polar surface area (TPSA) is 105 Å². The second-order valence-corrected chi connectivity index (χ2v) is 9.01. The molecule has 0 amide bonds. The van der Waals surface area contributed by atoms with Crippen LogP contribution in [0.4, 0.5) is 4.39 Å². The number of unbranched alkanes of at least 4 members (excludes halogenated alkanes) is 1. The van der Waals surface area contributed by atoms with Crippen molar-refractivity contribution in [3.05, 3.63) is 64.2 Å². The van der Waals surface area contributed by atoms with E-state index in [-0.39, 0.29) is 30.4 Å². The van der Waals surface area contributed by atoms with Crippen LogP contribution in [0, 0.1) is 30.0 Å². The van der Waals surface area contributed by atoms with E-state index in [1.54, 1.807) is 32.0 Å². The SMILES string of the molecule is Cc1cc(COCCCCc2c(C(=O)C[C@H](C)CC(=O)O)c3cc(C#N)cnc3n2C)ccc1F. The molecule has 0 fully saturated rings. The van der Waals surface area contributed by atoms with Crippen molar-refractivity contribution in [1.82, 2.24) is 9.55 Å². The second-order valence-electron chi connectivity index (χ2n) is 9.01. The zero-order chi connectivity index (χ0) is 25.5. The lowest BCUT2D eigenvalue weighted by Crippen LogP contribution is -2.12. The van der Waals surface area contributed by atoms with Gasteiger partial charge in [-0.3, -0.25) is 9.59 Å². The first-order valence-electron chi connectivity index (χ1n) is 11.7. The molecular weight excluding hydrogens is 449 g/mol. The average molecular weight is 480 g/mol. The Bertz CT molecular complexity index is 1280. The van der Waals surface area contributed by atoms with E-state index in [0.29, 0.717) is 47.4 Å². The zero-order valence-electron chi connectivity index (χ0n) is 20.3. The summed E-state index contributed by atoms with van der Waals surface area (Å²) in [6.45, 7) is 4.39. The number of hydrogen-bond acceptors (Lipinski definition) is 5. The number of ether oxygens (including phenoxy) is 1. The van der Waals surface area contributed by atoms with Crippen LogP contribution in [0.25, 0.3) is 11.0 Å². The van der Waals surface area contributed by atoms with E-state index in [1.807, 2.05) is 11.6 Å². The fraction of sp³-hybridized carbons (Fsp3) is 0.407. The molecule has 3 aromatic rings. The van der Waals surface area contributed by atoms with Gasteiger partial charge < -0.3 is 14.4 Å². The Balaban J connectivity index is 1.70. The molecule has 0 saturated carbocycles. The van der Waals surface area contributed by atoms with Crippen LogP contribution < -0.4 is 0 Å². The Labute approximate surface area is 204 Å². The van der Waals surface area contributed by atoms with Crippen LogP contribution in [0.1, 0.15) is 65.3 Å². The van der Waals surface area contributed by atoms with Crippen molar-refractivity contribution in [3.63, 3.8) is 0 Å². The van der Waals surface area contributed by atoms with Gasteiger partial charge in [0.1, 0.15) is 17.5 Å². The number of pyridine rings is 1. The van der Waals surface area contributed by atoms with Gasteiger partial charge in [0.25, 0.3) is 0 Å². The molecule has 184 valence electrons. The van der Waals surface area contributed by atoms with Crippen LogP contribution in [0.2, 0.25) is 0 Å². The number of halogens is 1. The number of hydrogen-bond donors (Lipinski definition) is 1. The number of carbonyl (C=O) groups excluding carboxylic acids is 1. The number of nitriles is 1. The number of benzene rings is 1. The van der Waals surface area contributed by atoms with E-state index in [0.717, 1.165) is 24.1 Å². The smallest absolute Gasteiger partial charge is 0.303 e. The van der Waals surface area contributed by atoms with Gasteiger partial charge in [-0.1, -0.05) is 19.1 Å². The first-order chi connectivity index (χ1) is 16.7. The number of aryl methyl sites for hydroxylation is 2. The standard InChI is InChI=1S/C27H30FN3O4/c1-17(11-25(33)34)10-24(32)26-21-13-20(14-29)15-30-27(21)31(3)23(26)6-4-5-9-35-16-19-7-8-22(28)18(2)12-19/h7-8,12-13,15,17H,4-6,9-11,16H2,1-3H3,(H,33,34)/t17-/m0/s1. The van der Waals surface area contributed by atoms with Crippen LogP contribution in [-0.2, 0) is 29.6 Å². The van der Waals surface area contributed by atoms with Crippen molar-refractivity contribution in [2.24, 2.45) is 13.0 Å². The number of rotatable bonds is 12. The van der Waals surface area contributed by atoms with Gasteiger partial charge in [0.05, 0.1) is 12.2 Å². The average Bonchev–Trinajstić information content (AvgIpc) is 3.08. The van der Waals surface area contributed by atoms with Gasteiger partial charge in [-0.2, -0.15) is 5.26 Å². The van der Waals surface area contributed by atoms with Crippen molar-refractivity contribution >= 4 is 22.8 Å². The van der Waals surface area contributed by atoms with Gasteiger partial charge in [0.15, 0.2) is 5.78 Å². The highest BCUT2D eigenvalue weighted by atomic mass is 19.1. The molecule has 0 saturated heterocycles. The maximum absolute atomic E-state index is 13.4. The molecule has 2 heterocycles. The van der Waals surface area contributed by atoms with Crippen molar-refractivity contribution in [2.75, 3.05) is 6.61 Å². The van der Waals surface area contributed by atoms with Crippen molar-refractivity contribution < 1.29 is 23.8 Å². The molecule has 3 rings (SSSR count). The van der Waals surface area contributed by atoms with Crippen molar-refractivity contribution in [2.45, 2.75) is 52.6 Å². The first kappa shape index (κ1) is 26.0. The van der Waals surface area contributed by atoms with E-state index in [2.05, 4.69) is 11.1 Å². The highest BCUT2D eigenvalue weighted by molar-refractivity contribution is 6.09. The molecule has 0 aliphatic heterocycles. The molecule has 1 aromatic carbocycles. The number of nitrogens with zero attached hydrogens (tertiary/aromatic N) is 3. The summed E-state index contributed by atoms with van der Waals surface area (Å²) in [7, 11) is 1.85. The van der Waals surface area contributed by atoms with Gasteiger partial charge in [0, 0.05) is 49.3 Å². The lowest BCUT2D eigenvalue weighted by Gasteiger charge is -2.11. The van der Waals surface area contributed by atoms with Gasteiger partial charge in [0.2, 0.25) is 0 Å². The van der Waals surface area contributed by atoms with E-state index < -0.39 is 5.97 Å². The minimum atomic E-state index is -0.937. The molecule has 0 radical (unpaired) electrons. The molecule has 0 aliphatic rings. The molecule has 35 heavy (non-hydrogen) atoms. The second kappa shape index (κ2) is 11.7. The molecule has 8 heteroatoms. The van der Waals surface area contributed by atoms with Gasteiger partial charge in [-0.05, 0) is 55.4 Å². The Morgan fingerprint density at radius 2 is 2.03 bits per heavy atom. The normalized spacial score (nSPS) is 12.0. The quantitative estimate of drug-likeness (QED) is 0.286. The Morgan fingerprint density at radius 3 is 2.71 bits per heavy atom. The number of carboxylic acid groups (broad SMARTS) is 1. The number of ketones is 1. The number of Topliss-reactive ketones (excluding diaryl/α,β-unsaturated/α-hetero) is 1. The maximum Gasteiger partial charge on any atom is 0.303 e. The Morgan fingerprint density at radius 1 is 1.26 bits per heavy atom. The number of carboxylic acids is 1. The number of carbonyl (C=O) groups is 2. The summed E-state index contributed by atoms with van der Waals surface area (Å²) in [6.07, 6.45) is 3.65. The molecule has 0 aliphatic carbocycles. The highest BCUT2D eigenvalue weighted by Crippen LogP contribution is 2.29. The Hall–Kier alpha value is -3.57. The first-order valence-corrected chi connectivity index (χ1v) is 11.7. The predicted molar refractivity (Wildman–Crippen MR) is 130 cm³/mol. The van der Waals surface area contributed by atoms with Crippen LogP contribution >= 0.6 is 0 Å². The van der Waals surface area contributed by atoms with Crippen LogP contribution in [0.3, 0.4) is 0 Å². The number of aliphatic carboxylic acids is 1. The minimum Gasteiger partial charge on any atom is -0.481 e. The summed E-state index contributed by atoms with van der Waals surface area (Å²) in [6, 6.07) is 8.67. The van der Waals surface area contributed by atoms with E-state index in [9.17, 15) is 19.2 Å². The molecule has 7 nitrogen and oxygen atoms in total. The lowest BCUT2D eigenvalue weighted by molar-refractivity contribution is -0.137. The third-order valence-electron chi connectivity index (χ3n) is 6.06. The van der Waals surface area contributed by atoms with E-state index >= 15 is 0 Å². The number of aromatic nitrogens is 2. The Kier molecular flexibility index (Phi) is 8.72. The summed E-state index contributed by atoms with van der Waals surface area (Å²) in [5.74, 6) is -1.62. The largest absolute Gasteiger partial charge is 0.481 e. The molecule has 2 aromatic heterocycles. The summed E-state index contributed by atoms with van der Waals surface area (Å²) < 4.78 is 21.0. The molecule has 1 N–H and O–H groups in total. The van der Waals surface area contributed by atoms with Crippen LogP contribution in [-0.4, -0.2) is 33.0 Å². The van der Waals surface area contributed by atoms with Gasteiger partial charge >= 0.3 is 5.97 Å².